The predicted octanol–water partition coefficient (Wildman–Crippen LogP) is 4.52. The minimum atomic E-state index is -0.210. The molecule has 0 bridgehead atoms. The van der Waals surface area contributed by atoms with Gasteiger partial charge in [0.15, 0.2) is 5.13 Å². The number of hydrogen-bond donors (Lipinski definition) is 2. The van der Waals surface area contributed by atoms with Crippen LogP contribution < -0.4 is 5.32 Å². The minimum Gasteiger partial charge on any atom is -0.298 e. The molecule has 0 spiro atoms. The van der Waals surface area contributed by atoms with Gasteiger partial charge in [-0.25, -0.2) is 4.98 Å². The number of benzene rings is 2. The van der Waals surface area contributed by atoms with Crippen LogP contribution in [0, 0.1) is 0 Å². The summed E-state index contributed by atoms with van der Waals surface area (Å²) in [6.07, 6.45) is 4.20. The van der Waals surface area contributed by atoms with E-state index in [1.807, 2.05) is 36.4 Å². The van der Waals surface area contributed by atoms with E-state index < -0.39 is 0 Å². The van der Waals surface area contributed by atoms with E-state index in [1.54, 1.807) is 18.5 Å². The van der Waals surface area contributed by atoms with Gasteiger partial charge >= 0.3 is 0 Å². The monoisotopic (exact) mass is 368 g/mol. The van der Waals surface area contributed by atoms with Gasteiger partial charge in [-0.3, -0.25) is 15.2 Å². The molecular formula is C18H13ClN4OS. The van der Waals surface area contributed by atoms with E-state index in [0.29, 0.717) is 15.7 Å². The standard InChI is InChI=1S/C18H13ClN4OS/c19-13-5-1-3-11(7-13)8-14-10-20-18(25-14)22-17(24)15-6-2-4-12-9-21-23-16(12)15/h1-7,9-10H,8H2,(H,21,23)(H,20,22,24). The quantitative estimate of drug-likeness (QED) is 0.556. The third kappa shape index (κ3) is 3.40. The van der Waals surface area contributed by atoms with Gasteiger partial charge in [0.25, 0.3) is 5.91 Å². The van der Waals surface area contributed by atoms with Crippen molar-refractivity contribution in [2.45, 2.75) is 6.42 Å². The van der Waals surface area contributed by atoms with Crippen molar-refractivity contribution in [1.82, 2.24) is 15.2 Å². The van der Waals surface area contributed by atoms with Gasteiger partial charge in [0.05, 0.1) is 17.3 Å². The number of aromatic amines is 1. The largest absolute Gasteiger partial charge is 0.298 e. The number of anilines is 1. The maximum Gasteiger partial charge on any atom is 0.259 e. The summed E-state index contributed by atoms with van der Waals surface area (Å²) < 4.78 is 0. The number of hydrogen-bond acceptors (Lipinski definition) is 4. The molecule has 0 atom stereocenters. The Balaban J connectivity index is 1.51. The fourth-order valence-corrected chi connectivity index (χ4v) is 3.67. The van der Waals surface area contributed by atoms with Gasteiger partial charge in [-0.2, -0.15) is 5.10 Å². The summed E-state index contributed by atoms with van der Waals surface area (Å²) in [7, 11) is 0. The molecule has 0 aliphatic rings. The first-order chi connectivity index (χ1) is 12.2. The summed E-state index contributed by atoms with van der Waals surface area (Å²) in [5.74, 6) is -0.210. The first kappa shape index (κ1) is 15.8. The van der Waals surface area contributed by atoms with Gasteiger partial charge in [-0.05, 0) is 23.8 Å². The zero-order valence-corrected chi connectivity index (χ0v) is 14.6. The summed E-state index contributed by atoms with van der Waals surface area (Å²) in [4.78, 5) is 17.9. The minimum absolute atomic E-state index is 0.210. The molecule has 0 aliphatic heterocycles. The molecule has 7 heteroatoms. The van der Waals surface area contributed by atoms with Crippen LogP contribution in [0.2, 0.25) is 5.02 Å². The van der Waals surface area contributed by atoms with Crippen molar-refractivity contribution in [3.05, 3.63) is 75.9 Å². The Bertz CT molecular complexity index is 1060. The molecule has 4 aromatic rings. The Kier molecular flexibility index (Phi) is 4.21. The second kappa shape index (κ2) is 6.66. The van der Waals surface area contributed by atoms with Crippen molar-refractivity contribution in [1.29, 1.82) is 0 Å². The number of carbonyl (C=O) groups is 1. The number of para-hydroxylation sites is 1. The molecule has 124 valence electrons. The van der Waals surface area contributed by atoms with E-state index >= 15 is 0 Å². The highest BCUT2D eigenvalue weighted by Gasteiger charge is 2.13. The second-order valence-corrected chi connectivity index (χ2v) is 7.08. The van der Waals surface area contributed by atoms with Gasteiger partial charge in [-0.1, -0.05) is 35.9 Å². The van der Waals surface area contributed by atoms with Crippen molar-refractivity contribution in [2.75, 3.05) is 5.32 Å². The number of rotatable bonds is 4. The van der Waals surface area contributed by atoms with E-state index in [0.717, 1.165) is 27.8 Å². The molecule has 1 amide bonds. The Hall–Kier alpha value is -2.70. The number of amides is 1. The lowest BCUT2D eigenvalue weighted by Gasteiger charge is -2.02. The number of carbonyl (C=O) groups excluding carboxylic acids is 1. The van der Waals surface area contributed by atoms with Gasteiger partial charge in [0.1, 0.15) is 0 Å². The molecule has 2 aromatic heterocycles. The molecule has 2 N–H and O–H groups in total. The van der Waals surface area contributed by atoms with Crippen LogP contribution >= 0.6 is 22.9 Å². The summed E-state index contributed by atoms with van der Waals surface area (Å²) in [5.41, 5.74) is 2.37. The lowest BCUT2D eigenvalue weighted by atomic mass is 10.1. The maximum atomic E-state index is 12.5. The van der Waals surface area contributed by atoms with E-state index in [2.05, 4.69) is 20.5 Å². The highest BCUT2D eigenvalue weighted by molar-refractivity contribution is 7.15. The molecule has 0 saturated heterocycles. The SMILES string of the molecule is O=C(Nc1ncc(Cc2cccc(Cl)c2)s1)c1cccc2cn[nH]c12. The third-order valence-corrected chi connectivity index (χ3v) is 4.91. The molecule has 25 heavy (non-hydrogen) atoms. The van der Waals surface area contributed by atoms with Crippen LogP contribution in [0.1, 0.15) is 20.8 Å². The molecule has 0 aliphatic carbocycles. The fraction of sp³-hybridized carbons (Fsp3) is 0.0556. The predicted molar refractivity (Wildman–Crippen MR) is 100 cm³/mol. The number of fused-ring (bicyclic) bond motifs is 1. The summed E-state index contributed by atoms with van der Waals surface area (Å²) in [5, 5.41) is 11.9. The average Bonchev–Trinajstić information content (AvgIpc) is 3.23. The van der Waals surface area contributed by atoms with E-state index in [1.165, 1.54) is 11.3 Å². The molecule has 0 radical (unpaired) electrons. The van der Waals surface area contributed by atoms with Crippen LogP contribution in [0.5, 0.6) is 0 Å². The van der Waals surface area contributed by atoms with Crippen molar-refractivity contribution in [2.24, 2.45) is 0 Å². The third-order valence-electron chi connectivity index (χ3n) is 3.76. The Morgan fingerprint density at radius 2 is 2.08 bits per heavy atom. The number of nitrogens with zero attached hydrogens (tertiary/aromatic N) is 2. The Morgan fingerprint density at radius 1 is 1.20 bits per heavy atom. The first-order valence-corrected chi connectivity index (χ1v) is 8.81. The second-order valence-electron chi connectivity index (χ2n) is 5.53. The van der Waals surface area contributed by atoms with E-state index in [4.69, 9.17) is 11.6 Å². The van der Waals surface area contributed by atoms with Crippen molar-refractivity contribution in [3.8, 4) is 0 Å². The van der Waals surface area contributed by atoms with E-state index in [9.17, 15) is 4.79 Å². The summed E-state index contributed by atoms with van der Waals surface area (Å²) in [6.45, 7) is 0. The first-order valence-electron chi connectivity index (χ1n) is 7.61. The number of halogens is 1. The molecule has 2 aromatic carbocycles. The number of thiazole rings is 1. The molecule has 0 fully saturated rings. The number of H-pyrrole nitrogens is 1. The van der Waals surface area contributed by atoms with Gasteiger partial charge < -0.3 is 0 Å². The van der Waals surface area contributed by atoms with Crippen LogP contribution in [-0.2, 0) is 6.42 Å². The molecule has 0 saturated carbocycles. The van der Waals surface area contributed by atoms with Crippen molar-refractivity contribution in [3.63, 3.8) is 0 Å². The van der Waals surface area contributed by atoms with Crippen LogP contribution in [0.25, 0.3) is 10.9 Å². The maximum absolute atomic E-state index is 12.5. The zero-order valence-electron chi connectivity index (χ0n) is 13.0. The van der Waals surface area contributed by atoms with Crippen LogP contribution in [0.4, 0.5) is 5.13 Å². The van der Waals surface area contributed by atoms with Crippen LogP contribution in [0.3, 0.4) is 0 Å². The summed E-state index contributed by atoms with van der Waals surface area (Å²) in [6, 6.07) is 13.2. The highest BCUT2D eigenvalue weighted by Crippen LogP contribution is 2.24. The lowest BCUT2D eigenvalue weighted by Crippen LogP contribution is -2.12. The lowest BCUT2D eigenvalue weighted by molar-refractivity contribution is 0.102. The van der Waals surface area contributed by atoms with Crippen molar-refractivity contribution >= 4 is 44.9 Å². The van der Waals surface area contributed by atoms with Gasteiger partial charge in [0.2, 0.25) is 0 Å². The molecule has 2 heterocycles. The normalized spacial score (nSPS) is 10.9. The topological polar surface area (TPSA) is 70.7 Å². The zero-order chi connectivity index (χ0) is 17.2. The highest BCUT2D eigenvalue weighted by atomic mass is 35.5. The molecule has 0 unspecified atom stereocenters. The van der Waals surface area contributed by atoms with Crippen LogP contribution in [-0.4, -0.2) is 21.1 Å². The van der Waals surface area contributed by atoms with Crippen LogP contribution in [0.15, 0.2) is 54.9 Å². The Labute approximate surface area is 152 Å². The summed E-state index contributed by atoms with van der Waals surface area (Å²) >= 11 is 7.47. The van der Waals surface area contributed by atoms with Crippen molar-refractivity contribution < 1.29 is 4.79 Å². The van der Waals surface area contributed by atoms with E-state index in [-0.39, 0.29) is 5.91 Å². The number of aromatic nitrogens is 3. The molecule has 5 nitrogen and oxygen atoms in total. The Morgan fingerprint density at radius 3 is 2.96 bits per heavy atom. The van der Waals surface area contributed by atoms with Gasteiger partial charge in [-0.15, -0.1) is 11.3 Å². The smallest absolute Gasteiger partial charge is 0.259 e. The molecular weight excluding hydrogens is 356 g/mol. The molecule has 4 rings (SSSR count). The van der Waals surface area contributed by atoms with Gasteiger partial charge in [0, 0.05) is 27.9 Å². The fourth-order valence-electron chi connectivity index (χ4n) is 2.62. The number of nitrogens with one attached hydrogen (secondary N) is 2. The average molecular weight is 369 g/mol.